The van der Waals surface area contributed by atoms with E-state index in [-0.39, 0.29) is 24.4 Å². The molecule has 1 unspecified atom stereocenters. The van der Waals surface area contributed by atoms with Crippen molar-refractivity contribution in [3.63, 3.8) is 0 Å². The minimum absolute atomic E-state index is 0.00690. The van der Waals surface area contributed by atoms with Crippen molar-refractivity contribution in [1.82, 2.24) is 9.80 Å². The molecule has 16 heavy (non-hydrogen) atoms. The number of carbonyl (C=O) groups excluding carboxylic acids is 2. The normalized spacial score (nSPS) is 21.1. The summed E-state index contributed by atoms with van der Waals surface area (Å²) in [6.45, 7) is 5.92. The Bertz CT molecular complexity index is 264. The zero-order chi connectivity index (χ0) is 12.1. The highest BCUT2D eigenvalue weighted by molar-refractivity contribution is 5.85. The van der Waals surface area contributed by atoms with Crippen LogP contribution in [0.25, 0.3) is 0 Å². The molecule has 1 heterocycles. The van der Waals surface area contributed by atoms with Crippen molar-refractivity contribution in [2.75, 3.05) is 26.2 Å². The molecule has 2 N–H and O–H groups in total. The minimum Gasteiger partial charge on any atom is -0.342 e. The third-order valence-electron chi connectivity index (χ3n) is 2.98. The fourth-order valence-corrected chi connectivity index (χ4v) is 1.94. The second-order valence-corrected chi connectivity index (χ2v) is 4.14. The summed E-state index contributed by atoms with van der Waals surface area (Å²) in [6.07, 6.45) is 1.20. The van der Waals surface area contributed by atoms with E-state index in [4.69, 9.17) is 5.73 Å². The van der Waals surface area contributed by atoms with Crippen molar-refractivity contribution in [1.29, 1.82) is 0 Å². The Kier molecular flexibility index (Phi) is 4.73. The highest BCUT2D eigenvalue weighted by Gasteiger charge is 2.25. The monoisotopic (exact) mass is 227 g/mol. The summed E-state index contributed by atoms with van der Waals surface area (Å²) in [5.41, 5.74) is 5.79. The van der Waals surface area contributed by atoms with Gasteiger partial charge in [-0.25, -0.2) is 0 Å². The van der Waals surface area contributed by atoms with Crippen molar-refractivity contribution in [3.8, 4) is 0 Å². The van der Waals surface area contributed by atoms with E-state index in [0.717, 1.165) is 6.42 Å². The molecule has 0 aromatic heterocycles. The van der Waals surface area contributed by atoms with Gasteiger partial charge in [0.05, 0.1) is 6.54 Å². The molecule has 0 aliphatic carbocycles. The van der Waals surface area contributed by atoms with E-state index in [1.54, 1.807) is 9.80 Å². The summed E-state index contributed by atoms with van der Waals surface area (Å²) >= 11 is 0. The van der Waals surface area contributed by atoms with E-state index in [1.807, 2.05) is 13.8 Å². The van der Waals surface area contributed by atoms with Gasteiger partial charge in [0.15, 0.2) is 0 Å². The molecule has 1 fully saturated rings. The highest BCUT2D eigenvalue weighted by Crippen LogP contribution is 2.10. The first-order chi connectivity index (χ1) is 7.58. The number of likely N-dealkylation sites (tertiary alicyclic amines) is 1. The third kappa shape index (κ3) is 3.20. The summed E-state index contributed by atoms with van der Waals surface area (Å²) in [5, 5.41) is 0. The summed E-state index contributed by atoms with van der Waals surface area (Å²) in [4.78, 5) is 26.7. The molecule has 0 aromatic carbocycles. The lowest BCUT2D eigenvalue weighted by Crippen LogP contribution is -2.50. The van der Waals surface area contributed by atoms with Crippen molar-refractivity contribution < 1.29 is 9.59 Å². The molecule has 2 amide bonds. The summed E-state index contributed by atoms with van der Waals surface area (Å²) in [5.74, 6) is 0.0506. The molecular weight excluding hydrogens is 206 g/mol. The van der Waals surface area contributed by atoms with Crippen LogP contribution in [0.3, 0.4) is 0 Å². The fourth-order valence-electron chi connectivity index (χ4n) is 1.94. The molecule has 1 saturated heterocycles. The van der Waals surface area contributed by atoms with Crippen molar-refractivity contribution in [2.24, 2.45) is 5.73 Å². The second kappa shape index (κ2) is 5.84. The first-order valence-corrected chi connectivity index (χ1v) is 5.89. The largest absolute Gasteiger partial charge is 0.342 e. The van der Waals surface area contributed by atoms with E-state index < -0.39 is 0 Å². The van der Waals surface area contributed by atoms with Gasteiger partial charge in [0.25, 0.3) is 0 Å². The van der Waals surface area contributed by atoms with Gasteiger partial charge in [-0.2, -0.15) is 0 Å². The van der Waals surface area contributed by atoms with E-state index in [2.05, 4.69) is 0 Å². The number of hydrogen-bond donors (Lipinski definition) is 1. The van der Waals surface area contributed by atoms with E-state index in [0.29, 0.717) is 26.1 Å². The first-order valence-electron chi connectivity index (χ1n) is 5.89. The molecule has 0 bridgehead atoms. The Balaban J connectivity index is 2.51. The molecule has 1 aliphatic heterocycles. The SMILES string of the molecule is CCN(CC)C(=O)CN1CC(N)CCC1=O. The van der Waals surface area contributed by atoms with Crippen molar-refractivity contribution in [3.05, 3.63) is 0 Å². The number of likely N-dealkylation sites (N-methyl/N-ethyl adjacent to an activating group) is 1. The number of rotatable bonds is 4. The Morgan fingerprint density at radius 1 is 1.50 bits per heavy atom. The van der Waals surface area contributed by atoms with Crippen LogP contribution < -0.4 is 5.73 Å². The zero-order valence-electron chi connectivity index (χ0n) is 10.1. The number of nitrogens with two attached hydrogens (primary N) is 1. The standard InChI is InChI=1S/C11H21N3O2/c1-3-13(4-2)11(16)8-14-7-9(12)5-6-10(14)15/h9H,3-8,12H2,1-2H3. The number of piperidine rings is 1. The second-order valence-electron chi connectivity index (χ2n) is 4.14. The van der Waals surface area contributed by atoms with Gasteiger partial charge in [0, 0.05) is 32.1 Å². The minimum atomic E-state index is 0.00690. The van der Waals surface area contributed by atoms with Gasteiger partial charge in [0.2, 0.25) is 11.8 Å². The van der Waals surface area contributed by atoms with Crippen LogP contribution in [0.4, 0.5) is 0 Å². The Labute approximate surface area is 96.6 Å². The van der Waals surface area contributed by atoms with Crippen molar-refractivity contribution >= 4 is 11.8 Å². The lowest BCUT2D eigenvalue weighted by molar-refractivity contribution is -0.142. The number of carbonyl (C=O) groups is 2. The maximum absolute atomic E-state index is 11.8. The lowest BCUT2D eigenvalue weighted by Gasteiger charge is -2.31. The zero-order valence-corrected chi connectivity index (χ0v) is 10.1. The fraction of sp³-hybridized carbons (Fsp3) is 0.818. The predicted molar refractivity (Wildman–Crippen MR) is 61.7 cm³/mol. The molecule has 5 heteroatoms. The molecule has 1 rings (SSSR count). The van der Waals surface area contributed by atoms with Crippen LogP contribution in [0, 0.1) is 0 Å². The van der Waals surface area contributed by atoms with Gasteiger partial charge in [0.1, 0.15) is 0 Å². The highest BCUT2D eigenvalue weighted by atomic mass is 16.2. The van der Waals surface area contributed by atoms with Gasteiger partial charge in [-0.3, -0.25) is 9.59 Å². The molecule has 0 radical (unpaired) electrons. The smallest absolute Gasteiger partial charge is 0.242 e. The number of nitrogens with zero attached hydrogens (tertiary/aromatic N) is 2. The van der Waals surface area contributed by atoms with Crippen molar-refractivity contribution in [2.45, 2.75) is 32.7 Å². The maximum atomic E-state index is 11.8. The Hall–Kier alpha value is -1.10. The molecule has 5 nitrogen and oxygen atoms in total. The molecule has 92 valence electrons. The Morgan fingerprint density at radius 2 is 2.12 bits per heavy atom. The van der Waals surface area contributed by atoms with Gasteiger partial charge in [-0.15, -0.1) is 0 Å². The number of amides is 2. The topological polar surface area (TPSA) is 66.6 Å². The van der Waals surface area contributed by atoms with E-state index in [9.17, 15) is 9.59 Å². The number of hydrogen-bond acceptors (Lipinski definition) is 3. The van der Waals surface area contributed by atoms with Gasteiger partial charge in [-0.1, -0.05) is 0 Å². The molecule has 0 saturated carbocycles. The quantitative estimate of drug-likeness (QED) is 0.723. The Morgan fingerprint density at radius 3 is 2.69 bits per heavy atom. The molecule has 0 aromatic rings. The average molecular weight is 227 g/mol. The van der Waals surface area contributed by atoms with Crippen LogP contribution >= 0.6 is 0 Å². The van der Waals surface area contributed by atoms with Crippen LogP contribution in [0.1, 0.15) is 26.7 Å². The summed E-state index contributed by atoms with van der Waals surface area (Å²) in [6, 6.07) is 0.0159. The first kappa shape index (κ1) is 13.0. The predicted octanol–water partition coefficient (Wildman–Crippen LogP) is -0.195. The maximum Gasteiger partial charge on any atom is 0.242 e. The molecule has 0 spiro atoms. The third-order valence-corrected chi connectivity index (χ3v) is 2.98. The van der Waals surface area contributed by atoms with Crippen LogP contribution in [0.2, 0.25) is 0 Å². The van der Waals surface area contributed by atoms with Gasteiger partial charge in [-0.05, 0) is 20.3 Å². The van der Waals surface area contributed by atoms with Crippen LogP contribution in [0.5, 0.6) is 0 Å². The summed E-state index contributed by atoms with van der Waals surface area (Å²) < 4.78 is 0. The van der Waals surface area contributed by atoms with Crippen LogP contribution in [-0.2, 0) is 9.59 Å². The summed E-state index contributed by atoms with van der Waals surface area (Å²) in [7, 11) is 0. The lowest BCUT2D eigenvalue weighted by atomic mass is 10.1. The van der Waals surface area contributed by atoms with E-state index >= 15 is 0 Å². The molecular formula is C11H21N3O2. The van der Waals surface area contributed by atoms with E-state index in [1.165, 1.54) is 0 Å². The van der Waals surface area contributed by atoms with Gasteiger partial charge >= 0.3 is 0 Å². The molecule has 1 aliphatic rings. The van der Waals surface area contributed by atoms with Crippen LogP contribution in [-0.4, -0.2) is 53.8 Å². The van der Waals surface area contributed by atoms with Gasteiger partial charge < -0.3 is 15.5 Å². The van der Waals surface area contributed by atoms with Crippen LogP contribution in [0.15, 0.2) is 0 Å². The molecule has 1 atom stereocenters. The average Bonchev–Trinajstić information content (AvgIpc) is 2.25.